The number of nitrogens with two attached hydrogens (primary N) is 1. The van der Waals surface area contributed by atoms with Crippen LogP contribution in [0, 0.1) is 0 Å². The lowest BCUT2D eigenvalue weighted by atomic mass is 10.0. The van der Waals surface area contributed by atoms with Gasteiger partial charge in [-0.2, -0.15) is 0 Å². The summed E-state index contributed by atoms with van der Waals surface area (Å²) in [4.78, 5) is 21.9. The topological polar surface area (TPSA) is 81.3 Å². The van der Waals surface area contributed by atoms with Crippen molar-refractivity contribution in [2.24, 2.45) is 5.73 Å². The molecule has 1 aliphatic rings. The maximum atomic E-state index is 11.6. The zero-order chi connectivity index (χ0) is 18.6. The van der Waals surface area contributed by atoms with Crippen molar-refractivity contribution in [1.29, 1.82) is 0 Å². The molecule has 2 amide bonds. The molecule has 27 heavy (non-hydrogen) atoms. The van der Waals surface area contributed by atoms with Gasteiger partial charge in [-0.05, 0) is 42.7 Å². The van der Waals surface area contributed by atoms with Crippen molar-refractivity contribution in [3.05, 3.63) is 72.2 Å². The first-order valence-electron chi connectivity index (χ1n) is 8.89. The van der Waals surface area contributed by atoms with Crippen molar-refractivity contribution >= 4 is 11.8 Å². The van der Waals surface area contributed by atoms with Crippen LogP contribution in [-0.2, 0) is 13.0 Å². The van der Waals surface area contributed by atoms with E-state index >= 15 is 0 Å². The first-order valence-corrected chi connectivity index (χ1v) is 8.89. The fourth-order valence-electron chi connectivity index (χ4n) is 3.24. The Morgan fingerprint density at radius 3 is 2.74 bits per heavy atom. The summed E-state index contributed by atoms with van der Waals surface area (Å²) in [5, 5.41) is 0. The minimum Gasteiger partial charge on any atom is -0.489 e. The Kier molecular flexibility index (Phi) is 4.70. The third-order valence-corrected chi connectivity index (χ3v) is 4.57. The number of ether oxygens (including phenoxy) is 1. The molecule has 0 atom stereocenters. The number of aromatic nitrogens is 2. The number of aryl methyl sites for hydroxylation is 1. The number of amides is 2. The number of rotatable bonds is 4. The van der Waals surface area contributed by atoms with E-state index in [1.807, 2.05) is 42.6 Å². The molecule has 2 N–H and O–H groups in total. The van der Waals surface area contributed by atoms with Crippen LogP contribution in [0.3, 0.4) is 0 Å². The van der Waals surface area contributed by atoms with Gasteiger partial charge in [-0.15, -0.1) is 0 Å². The number of hydrogen-bond donors (Lipinski definition) is 1. The summed E-state index contributed by atoms with van der Waals surface area (Å²) in [6.07, 6.45) is 7.13. The lowest BCUT2D eigenvalue weighted by Gasteiger charge is -2.26. The highest BCUT2D eigenvalue weighted by molar-refractivity contribution is 5.91. The predicted octanol–water partition coefficient (Wildman–Crippen LogP) is 3.55. The van der Waals surface area contributed by atoms with E-state index < -0.39 is 6.03 Å². The minimum absolute atomic E-state index is 0.443. The van der Waals surface area contributed by atoms with Gasteiger partial charge in [-0.25, -0.2) is 9.78 Å². The number of carbonyl (C=O) groups excluding carboxylic acids is 1. The molecular weight excluding hydrogens is 340 g/mol. The van der Waals surface area contributed by atoms with Gasteiger partial charge < -0.3 is 10.5 Å². The smallest absolute Gasteiger partial charge is 0.320 e. The molecule has 1 aliphatic heterocycles. The second kappa shape index (κ2) is 7.45. The number of fused-ring (bicyclic) bond motifs is 1. The van der Waals surface area contributed by atoms with Crippen LogP contribution in [-0.4, -0.2) is 22.5 Å². The minimum atomic E-state index is -0.460. The van der Waals surface area contributed by atoms with E-state index in [2.05, 4.69) is 16.0 Å². The van der Waals surface area contributed by atoms with Crippen molar-refractivity contribution in [3.63, 3.8) is 0 Å². The van der Waals surface area contributed by atoms with E-state index in [1.165, 1.54) is 4.90 Å². The molecule has 0 radical (unpaired) electrons. The maximum absolute atomic E-state index is 11.6. The monoisotopic (exact) mass is 360 g/mol. The molecule has 6 nitrogen and oxygen atoms in total. The Morgan fingerprint density at radius 2 is 1.93 bits per heavy atom. The van der Waals surface area contributed by atoms with Crippen molar-refractivity contribution in [2.45, 2.75) is 19.4 Å². The Labute approximate surface area is 157 Å². The summed E-state index contributed by atoms with van der Waals surface area (Å²) in [6, 6.07) is 13.3. The van der Waals surface area contributed by atoms with Gasteiger partial charge in [0.25, 0.3) is 0 Å². The van der Waals surface area contributed by atoms with Crippen LogP contribution in [0.5, 0.6) is 5.75 Å². The van der Waals surface area contributed by atoms with E-state index in [0.29, 0.717) is 19.0 Å². The summed E-state index contributed by atoms with van der Waals surface area (Å²) in [5.41, 5.74) is 9.40. The molecule has 0 saturated carbocycles. The Morgan fingerprint density at radius 1 is 1.11 bits per heavy atom. The normalized spacial score (nSPS) is 13.1. The lowest BCUT2D eigenvalue weighted by Crippen LogP contribution is -2.40. The highest BCUT2D eigenvalue weighted by Crippen LogP contribution is 2.29. The fourth-order valence-corrected chi connectivity index (χ4v) is 3.24. The fraction of sp³-hybridized carbons (Fsp3) is 0.190. The summed E-state index contributed by atoms with van der Waals surface area (Å²) in [7, 11) is 0. The summed E-state index contributed by atoms with van der Waals surface area (Å²) in [5.74, 6) is 1.49. The molecule has 0 saturated heterocycles. The molecule has 0 unspecified atom stereocenters. The standard InChI is InChI=1S/C21H20N4O2/c22-21(26)25-8-4-5-16-10-18(13-24-20(16)25)17-9-15(11-23-12-17)14-27-19-6-2-1-3-7-19/h1-3,6-7,9-13H,4-5,8,14H2,(H2,22,26). The van der Waals surface area contributed by atoms with Crippen LogP contribution in [0.4, 0.5) is 10.6 Å². The summed E-state index contributed by atoms with van der Waals surface area (Å²) in [6.45, 7) is 1.06. The third kappa shape index (κ3) is 3.74. The van der Waals surface area contributed by atoms with Crippen LogP contribution < -0.4 is 15.4 Å². The van der Waals surface area contributed by atoms with Crippen LogP contribution in [0.2, 0.25) is 0 Å². The molecular formula is C21H20N4O2. The number of hydrogen-bond acceptors (Lipinski definition) is 4. The van der Waals surface area contributed by atoms with Gasteiger partial charge in [-0.1, -0.05) is 18.2 Å². The second-order valence-electron chi connectivity index (χ2n) is 6.48. The average molecular weight is 360 g/mol. The third-order valence-electron chi connectivity index (χ3n) is 4.57. The van der Waals surface area contributed by atoms with Crippen molar-refractivity contribution in [3.8, 4) is 16.9 Å². The second-order valence-corrected chi connectivity index (χ2v) is 6.48. The van der Waals surface area contributed by atoms with Gasteiger partial charge >= 0.3 is 6.03 Å². The predicted molar refractivity (Wildman–Crippen MR) is 103 cm³/mol. The summed E-state index contributed by atoms with van der Waals surface area (Å²) >= 11 is 0. The average Bonchev–Trinajstić information content (AvgIpc) is 2.72. The highest BCUT2D eigenvalue weighted by Gasteiger charge is 2.22. The molecule has 3 aromatic rings. The molecule has 136 valence electrons. The van der Waals surface area contributed by atoms with E-state index in [9.17, 15) is 4.79 Å². The Hall–Kier alpha value is -3.41. The van der Waals surface area contributed by atoms with Gasteiger partial charge in [0.15, 0.2) is 0 Å². The number of urea groups is 1. The Bertz CT molecular complexity index is 959. The molecule has 1 aromatic carbocycles. The van der Waals surface area contributed by atoms with Gasteiger partial charge in [0.05, 0.1) is 0 Å². The van der Waals surface area contributed by atoms with Crippen LogP contribution >= 0.6 is 0 Å². The van der Waals surface area contributed by atoms with Gasteiger partial charge in [0.2, 0.25) is 0 Å². The number of pyridine rings is 2. The number of para-hydroxylation sites is 1. The van der Waals surface area contributed by atoms with Crippen molar-refractivity contribution in [2.75, 3.05) is 11.4 Å². The molecule has 0 aliphatic carbocycles. The summed E-state index contributed by atoms with van der Waals surface area (Å²) < 4.78 is 5.80. The quantitative estimate of drug-likeness (QED) is 0.771. The number of anilines is 1. The molecule has 6 heteroatoms. The van der Waals surface area contributed by atoms with E-state index in [0.717, 1.165) is 40.8 Å². The first-order chi connectivity index (χ1) is 13.2. The van der Waals surface area contributed by atoms with E-state index in [-0.39, 0.29) is 0 Å². The number of primary amides is 1. The van der Waals surface area contributed by atoms with Crippen LogP contribution in [0.15, 0.2) is 61.1 Å². The maximum Gasteiger partial charge on any atom is 0.320 e. The zero-order valence-corrected chi connectivity index (χ0v) is 14.8. The molecule has 0 spiro atoms. The SMILES string of the molecule is NC(=O)N1CCCc2cc(-c3cncc(COc4ccccc4)c3)cnc21. The first kappa shape index (κ1) is 17.0. The number of benzene rings is 1. The Balaban J connectivity index is 1.56. The molecule has 3 heterocycles. The molecule has 0 fully saturated rings. The van der Waals surface area contributed by atoms with Crippen LogP contribution in [0.1, 0.15) is 17.5 Å². The van der Waals surface area contributed by atoms with Crippen LogP contribution in [0.25, 0.3) is 11.1 Å². The molecule has 2 aromatic heterocycles. The lowest BCUT2D eigenvalue weighted by molar-refractivity contribution is 0.253. The van der Waals surface area contributed by atoms with Gasteiger partial charge in [0, 0.05) is 41.8 Å². The van der Waals surface area contributed by atoms with E-state index in [4.69, 9.17) is 10.5 Å². The molecule has 4 rings (SSSR count). The molecule has 0 bridgehead atoms. The van der Waals surface area contributed by atoms with Crippen molar-refractivity contribution < 1.29 is 9.53 Å². The van der Waals surface area contributed by atoms with Crippen molar-refractivity contribution in [1.82, 2.24) is 9.97 Å². The number of nitrogens with zero attached hydrogens (tertiary/aromatic N) is 3. The largest absolute Gasteiger partial charge is 0.489 e. The highest BCUT2D eigenvalue weighted by atomic mass is 16.5. The van der Waals surface area contributed by atoms with Gasteiger partial charge in [-0.3, -0.25) is 9.88 Å². The van der Waals surface area contributed by atoms with E-state index in [1.54, 1.807) is 12.4 Å². The number of carbonyl (C=O) groups is 1. The van der Waals surface area contributed by atoms with Gasteiger partial charge in [0.1, 0.15) is 18.2 Å². The zero-order valence-electron chi connectivity index (χ0n) is 14.8.